The van der Waals surface area contributed by atoms with Crippen LogP contribution in [0.15, 0.2) is 11.6 Å². The lowest BCUT2D eigenvalue weighted by molar-refractivity contribution is -0.122. The Hall–Kier alpha value is -0.310. The summed E-state index contributed by atoms with van der Waals surface area (Å²) >= 11 is 3.34. The fourth-order valence-corrected chi connectivity index (χ4v) is 1.82. The lowest BCUT2D eigenvalue weighted by Gasteiger charge is -2.17. The summed E-state index contributed by atoms with van der Waals surface area (Å²) in [5.74, 6) is 0.0684. The molecule has 1 N–H and O–H groups in total. The van der Waals surface area contributed by atoms with Crippen LogP contribution in [-0.4, -0.2) is 16.8 Å². The van der Waals surface area contributed by atoms with Gasteiger partial charge in [0, 0.05) is 6.54 Å². The molecule has 0 saturated heterocycles. The summed E-state index contributed by atoms with van der Waals surface area (Å²) in [5, 5.41) is 2.94. The molecular weight excluding hydrogens is 254 g/mol. The molecule has 15 heavy (non-hydrogen) atoms. The van der Waals surface area contributed by atoms with Crippen molar-refractivity contribution < 1.29 is 4.79 Å². The van der Waals surface area contributed by atoms with E-state index in [0.29, 0.717) is 0 Å². The molecule has 0 radical (unpaired) electrons. The number of carbonyl (C=O) groups is 1. The maximum Gasteiger partial charge on any atom is 0.236 e. The van der Waals surface area contributed by atoms with Crippen molar-refractivity contribution in [3.8, 4) is 0 Å². The number of allylic oxidation sites excluding steroid dienone is 1. The first-order chi connectivity index (χ1) is 7.00. The van der Waals surface area contributed by atoms with Gasteiger partial charge in [-0.25, -0.2) is 0 Å². The number of alkyl halides is 1. The van der Waals surface area contributed by atoms with Gasteiger partial charge in [0.05, 0.1) is 4.32 Å². The largest absolute Gasteiger partial charge is 0.355 e. The van der Waals surface area contributed by atoms with Crippen LogP contribution in [0.2, 0.25) is 0 Å². The number of carbonyl (C=O) groups excluding carboxylic acids is 1. The molecule has 0 saturated carbocycles. The minimum Gasteiger partial charge on any atom is -0.355 e. The predicted octanol–water partition coefficient (Wildman–Crippen LogP) is 3.17. The Labute approximate surface area is 101 Å². The van der Waals surface area contributed by atoms with Gasteiger partial charge < -0.3 is 5.32 Å². The molecule has 0 atom stereocenters. The van der Waals surface area contributed by atoms with E-state index in [4.69, 9.17) is 0 Å². The van der Waals surface area contributed by atoms with E-state index in [-0.39, 0.29) is 5.91 Å². The molecule has 2 nitrogen and oxygen atoms in total. The number of hydrogen-bond acceptors (Lipinski definition) is 1. The Morgan fingerprint density at radius 3 is 2.80 bits per heavy atom. The summed E-state index contributed by atoms with van der Waals surface area (Å²) in [4.78, 5) is 11.5. The SMILES string of the molecule is CC(C)(Br)C(=O)NCCC1=CCCCC1. The number of halogens is 1. The van der Waals surface area contributed by atoms with Crippen LogP contribution in [0.4, 0.5) is 0 Å². The van der Waals surface area contributed by atoms with Gasteiger partial charge in [-0.3, -0.25) is 4.79 Å². The predicted molar refractivity (Wildman–Crippen MR) is 67.2 cm³/mol. The third kappa shape index (κ3) is 4.83. The maximum atomic E-state index is 11.5. The molecule has 0 spiro atoms. The lowest BCUT2D eigenvalue weighted by atomic mass is 9.97. The topological polar surface area (TPSA) is 29.1 Å². The van der Waals surface area contributed by atoms with Gasteiger partial charge in [0.1, 0.15) is 0 Å². The third-order valence-electron chi connectivity index (χ3n) is 2.66. The second-order valence-electron chi connectivity index (χ2n) is 4.59. The molecule has 86 valence electrons. The Morgan fingerprint density at radius 1 is 1.53 bits per heavy atom. The molecule has 0 aliphatic heterocycles. The minimum absolute atomic E-state index is 0.0684. The lowest BCUT2D eigenvalue weighted by Crippen LogP contribution is -2.38. The van der Waals surface area contributed by atoms with Gasteiger partial charge in [0.25, 0.3) is 0 Å². The van der Waals surface area contributed by atoms with E-state index in [1.165, 1.54) is 31.3 Å². The van der Waals surface area contributed by atoms with Gasteiger partial charge in [0.15, 0.2) is 0 Å². The van der Waals surface area contributed by atoms with Gasteiger partial charge >= 0.3 is 0 Å². The fourth-order valence-electron chi connectivity index (χ4n) is 1.68. The number of nitrogens with one attached hydrogen (secondary N) is 1. The minimum atomic E-state index is -0.450. The van der Waals surface area contributed by atoms with Crippen LogP contribution in [0.5, 0.6) is 0 Å². The zero-order valence-electron chi connectivity index (χ0n) is 9.61. The molecule has 0 aromatic rings. The van der Waals surface area contributed by atoms with Gasteiger partial charge in [-0.05, 0) is 46.0 Å². The summed E-state index contributed by atoms with van der Waals surface area (Å²) in [6, 6.07) is 0. The number of hydrogen-bond donors (Lipinski definition) is 1. The van der Waals surface area contributed by atoms with Gasteiger partial charge in [-0.1, -0.05) is 27.6 Å². The average Bonchev–Trinajstić information content (AvgIpc) is 2.18. The molecule has 1 rings (SSSR count). The molecular formula is C12H20BrNO. The molecule has 0 unspecified atom stereocenters. The quantitative estimate of drug-likeness (QED) is 0.619. The number of amides is 1. The van der Waals surface area contributed by atoms with E-state index in [0.717, 1.165) is 13.0 Å². The molecule has 0 heterocycles. The molecule has 3 heteroatoms. The van der Waals surface area contributed by atoms with Gasteiger partial charge in [-0.2, -0.15) is 0 Å². The fraction of sp³-hybridized carbons (Fsp3) is 0.750. The van der Waals surface area contributed by atoms with Crippen molar-refractivity contribution in [3.05, 3.63) is 11.6 Å². The zero-order chi connectivity index (χ0) is 11.3. The normalized spacial score (nSPS) is 17.1. The van der Waals surface area contributed by atoms with Crippen LogP contribution in [0.1, 0.15) is 46.0 Å². The second kappa shape index (κ2) is 5.69. The molecule has 1 aliphatic rings. The van der Waals surface area contributed by atoms with Crippen LogP contribution in [0.25, 0.3) is 0 Å². The van der Waals surface area contributed by atoms with Gasteiger partial charge in [-0.15, -0.1) is 0 Å². The van der Waals surface area contributed by atoms with Crippen molar-refractivity contribution in [3.63, 3.8) is 0 Å². The Balaban J connectivity index is 2.21. The zero-order valence-corrected chi connectivity index (χ0v) is 11.2. The molecule has 1 aliphatic carbocycles. The summed E-state index contributed by atoms with van der Waals surface area (Å²) in [5.41, 5.74) is 1.51. The van der Waals surface area contributed by atoms with Crippen molar-refractivity contribution >= 4 is 21.8 Å². The first kappa shape index (κ1) is 12.8. The summed E-state index contributed by atoms with van der Waals surface area (Å²) in [6.45, 7) is 4.49. The van der Waals surface area contributed by atoms with Crippen LogP contribution >= 0.6 is 15.9 Å². The molecule has 0 aromatic carbocycles. The van der Waals surface area contributed by atoms with Crippen molar-refractivity contribution in [2.45, 2.75) is 50.3 Å². The van der Waals surface area contributed by atoms with Crippen molar-refractivity contribution in [1.82, 2.24) is 5.32 Å². The van der Waals surface area contributed by atoms with Crippen molar-refractivity contribution in [2.24, 2.45) is 0 Å². The molecule has 0 fully saturated rings. The van der Waals surface area contributed by atoms with Crippen LogP contribution in [0, 0.1) is 0 Å². The Morgan fingerprint density at radius 2 is 2.27 bits per heavy atom. The highest BCUT2D eigenvalue weighted by molar-refractivity contribution is 9.10. The summed E-state index contributed by atoms with van der Waals surface area (Å²) in [7, 11) is 0. The smallest absolute Gasteiger partial charge is 0.236 e. The maximum absolute atomic E-state index is 11.5. The van der Waals surface area contributed by atoms with Crippen LogP contribution < -0.4 is 5.32 Å². The van der Waals surface area contributed by atoms with E-state index in [9.17, 15) is 4.79 Å². The summed E-state index contributed by atoms with van der Waals surface area (Å²) < 4.78 is -0.450. The average molecular weight is 274 g/mol. The highest BCUT2D eigenvalue weighted by Crippen LogP contribution is 2.20. The third-order valence-corrected chi connectivity index (χ3v) is 3.02. The van der Waals surface area contributed by atoms with E-state index in [1.807, 2.05) is 13.8 Å². The molecule has 1 amide bonds. The van der Waals surface area contributed by atoms with E-state index in [1.54, 1.807) is 0 Å². The summed E-state index contributed by atoms with van der Waals surface area (Å²) in [6.07, 6.45) is 8.40. The van der Waals surface area contributed by atoms with Crippen LogP contribution in [0.3, 0.4) is 0 Å². The van der Waals surface area contributed by atoms with Crippen molar-refractivity contribution in [1.29, 1.82) is 0 Å². The number of rotatable bonds is 4. The van der Waals surface area contributed by atoms with Gasteiger partial charge in [0.2, 0.25) is 5.91 Å². The molecule has 0 bridgehead atoms. The monoisotopic (exact) mass is 273 g/mol. The van der Waals surface area contributed by atoms with E-state index < -0.39 is 4.32 Å². The first-order valence-electron chi connectivity index (χ1n) is 5.65. The van der Waals surface area contributed by atoms with Crippen molar-refractivity contribution in [2.75, 3.05) is 6.54 Å². The van der Waals surface area contributed by atoms with E-state index in [2.05, 4.69) is 27.3 Å². The highest BCUT2D eigenvalue weighted by atomic mass is 79.9. The second-order valence-corrected chi connectivity index (χ2v) is 6.57. The van der Waals surface area contributed by atoms with E-state index >= 15 is 0 Å². The molecule has 0 aromatic heterocycles. The Kier molecular flexibility index (Phi) is 4.84. The highest BCUT2D eigenvalue weighted by Gasteiger charge is 2.22. The van der Waals surface area contributed by atoms with Crippen LogP contribution in [-0.2, 0) is 4.79 Å². The first-order valence-corrected chi connectivity index (χ1v) is 6.44. The Bertz CT molecular complexity index is 253. The standard InChI is InChI=1S/C12H20BrNO/c1-12(2,13)11(15)14-9-8-10-6-4-3-5-7-10/h6H,3-5,7-9H2,1-2H3,(H,14,15).